The van der Waals surface area contributed by atoms with Crippen LogP contribution in [-0.4, -0.2) is 41.4 Å². The zero-order valence-electron chi connectivity index (χ0n) is 13.6. The Kier molecular flexibility index (Phi) is 3.71. The van der Waals surface area contributed by atoms with Gasteiger partial charge in [-0.25, -0.2) is 4.79 Å². The van der Waals surface area contributed by atoms with Crippen molar-refractivity contribution in [2.75, 3.05) is 7.11 Å². The number of ether oxygens (including phenoxy) is 2. The van der Waals surface area contributed by atoms with E-state index >= 15 is 0 Å². The molecule has 2 bridgehead atoms. The van der Waals surface area contributed by atoms with Crippen LogP contribution in [0.1, 0.15) is 25.7 Å². The van der Waals surface area contributed by atoms with Crippen LogP contribution in [0.25, 0.3) is 10.8 Å². The van der Waals surface area contributed by atoms with Gasteiger partial charge in [-0.3, -0.25) is 0 Å². The molecule has 1 N–H and O–H groups in total. The van der Waals surface area contributed by atoms with E-state index in [0.29, 0.717) is 0 Å². The Balaban J connectivity index is 1.50. The third-order valence-corrected chi connectivity index (χ3v) is 5.23. The second-order valence-corrected chi connectivity index (χ2v) is 6.66. The summed E-state index contributed by atoms with van der Waals surface area (Å²) in [6.07, 6.45) is 2.77. The topological polar surface area (TPSA) is 59.0 Å². The number of rotatable bonds is 3. The van der Waals surface area contributed by atoms with Gasteiger partial charge in [0.05, 0.1) is 7.11 Å². The minimum absolute atomic E-state index is 0.0915. The van der Waals surface area contributed by atoms with Crippen molar-refractivity contribution in [3.63, 3.8) is 0 Å². The maximum atomic E-state index is 11.4. The van der Waals surface area contributed by atoms with Crippen molar-refractivity contribution in [3.8, 4) is 11.5 Å². The minimum Gasteiger partial charge on any atom is -0.497 e. The predicted octanol–water partition coefficient (Wildman–Crippen LogP) is 3.90. The number of amides is 1. The van der Waals surface area contributed by atoms with Crippen LogP contribution in [0.2, 0.25) is 0 Å². The summed E-state index contributed by atoms with van der Waals surface area (Å²) < 4.78 is 11.4. The third kappa shape index (κ3) is 2.64. The Bertz CT molecular complexity index is 761. The first-order valence-electron chi connectivity index (χ1n) is 8.40. The molecule has 2 aliphatic heterocycles. The van der Waals surface area contributed by atoms with Crippen LogP contribution in [0.15, 0.2) is 36.4 Å². The molecule has 4 rings (SSSR count). The lowest BCUT2D eigenvalue weighted by atomic mass is 10.00. The van der Waals surface area contributed by atoms with E-state index in [0.717, 1.165) is 48.0 Å². The first kappa shape index (κ1) is 15.1. The second-order valence-electron chi connectivity index (χ2n) is 6.66. The zero-order valence-corrected chi connectivity index (χ0v) is 13.6. The largest absolute Gasteiger partial charge is 0.497 e. The average Bonchev–Trinajstić information content (AvgIpc) is 2.86. The lowest BCUT2D eigenvalue weighted by Gasteiger charge is -2.37. The highest BCUT2D eigenvalue weighted by atomic mass is 16.5. The lowest BCUT2D eigenvalue weighted by molar-refractivity contribution is 0.0496. The van der Waals surface area contributed by atoms with Crippen molar-refractivity contribution in [1.82, 2.24) is 4.90 Å². The van der Waals surface area contributed by atoms with E-state index in [4.69, 9.17) is 9.47 Å². The number of nitrogens with zero attached hydrogens (tertiary/aromatic N) is 1. The molecule has 0 unspecified atom stereocenters. The van der Waals surface area contributed by atoms with Crippen molar-refractivity contribution in [2.45, 2.75) is 43.9 Å². The van der Waals surface area contributed by atoms with Crippen molar-refractivity contribution < 1.29 is 19.4 Å². The van der Waals surface area contributed by atoms with Crippen LogP contribution in [0.3, 0.4) is 0 Å². The number of carboxylic acid groups (broad SMARTS) is 1. The summed E-state index contributed by atoms with van der Waals surface area (Å²) in [7, 11) is 1.66. The van der Waals surface area contributed by atoms with Gasteiger partial charge in [0.25, 0.3) is 0 Å². The van der Waals surface area contributed by atoms with Crippen LogP contribution < -0.4 is 9.47 Å². The van der Waals surface area contributed by atoms with Gasteiger partial charge in [0.1, 0.15) is 17.6 Å². The molecule has 2 saturated heterocycles. The van der Waals surface area contributed by atoms with Gasteiger partial charge in [0, 0.05) is 24.9 Å². The van der Waals surface area contributed by atoms with E-state index in [1.807, 2.05) is 36.4 Å². The fourth-order valence-corrected chi connectivity index (χ4v) is 4.13. The first-order chi connectivity index (χ1) is 11.6. The Morgan fingerprint density at radius 3 is 2.21 bits per heavy atom. The highest BCUT2D eigenvalue weighted by Gasteiger charge is 2.44. The smallest absolute Gasteiger partial charge is 0.407 e. The highest BCUT2D eigenvalue weighted by Crippen LogP contribution is 2.37. The van der Waals surface area contributed by atoms with E-state index in [1.165, 1.54) is 0 Å². The number of piperidine rings is 1. The molecule has 2 aliphatic rings. The number of hydrogen-bond acceptors (Lipinski definition) is 3. The van der Waals surface area contributed by atoms with Crippen molar-refractivity contribution >= 4 is 16.9 Å². The first-order valence-corrected chi connectivity index (χ1v) is 8.40. The SMILES string of the molecule is COc1ccc2cc(O[C@@H]3C[C@H]4CC[C@@H](C3)N4C(=O)O)ccc2c1. The molecular weight excluding hydrogens is 306 g/mol. The summed E-state index contributed by atoms with van der Waals surface area (Å²) in [5, 5.41) is 11.6. The third-order valence-electron chi connectivity index (χ3n) is 5.23. The standard InChI is InChI=1S/C19H21NO4/c1-23-16-6-2-13-9-17(7-3-12(13)8-16)24-18-10-14-4-5-15(11-18)20(14)19(21)22/h2-3,6-9,14-15,18H,4-5,10-11H2,1H3,(H,21,22)/t14-,15+,18-. The zero-order chi connectivity index (χ0) is 16.7. The number of methoxy groups -OCH3 is 1. The summed E-state index contributed by atoms with van der Waals surface area (Å²) in [5.74, 6) is 1.69. The molecule has 0 aromatic heterocycles. The Hall–Kier alpha value is -2.43. The summed E-state index contributed by atoms with van der Waals surface area (Å²) in [6, 6.07) is 12.2. The quantitative estimate of drug-likeness (QED) is 0.929. The molecule has 2 aromatic rings. The van der Waals surface area contributed by atoms with Gasteiger partial charge in [-0.2, -0.15) is 0 Å². The minimum atomic E-state index is -0.791. The average molecular weight is 327 g/mol. The van der Waals surface area contributed by atoms with Gasteiger partial charge in [-0.05, 0) is 47.9 Å². The van der Waals surface area contributed by atoms with Crippen LogP contribution >= 0.6 is 0 Å². The van der Waals surface area contributed by atoms with Gasteiger partial charge in [-0.15, -0.1) is 0 Å². The molecule has 0 saturated carbocycles. The molecule has 2 heterocycles. The van der Waals surface area contributed by atoms with Crippen LogP contribution in [0, 0.1) is 0 Å². The Morgan fingerprint density at radius 2 is 1.62 bits per heavy atom. The number of hydrogen-bond donors (Lipinski definition) is 1. The van der Waals surface area contributed by atoms with Crippen molar-refractivity contribution in [2.24, 2.45) is 0 Å². The summed E-state index contributed by atoms with van der Waals surface area (Å²) in [6.45, 7) is 0. The van der Waals surface area contributed by atoms with E-state index < -0.39 is 6.09 Å². The lowest BCUT2D eigenvalue weighted by Crippen LogP contribution is -2.48. The maximum Gasteiger partial charge on any atom is 0.407 e. The molecular formula is C19H21NO4. The highest BCUT2D eigenvalue weighted by molar-refractivity contribution is 5.85. The summed E-state index contributed by atoms with van der Waals surface area (Å²) in [5.41, 5.74) is 0. The molecule has 2 aromatic carbocycles. The van der Waals surface area contributed by atoms with Crippen LogP contribution in [-0.2, 0) is 0 Å². The molecule has 3 atom stereocenters. The maximum absolute atomic E-state index is 11.4. The van der Waals surface area contributed by atoms with E-state index in [-0.39, 0.29) is 18.2 Å². The molecule has 1 amide bonds. The van der Waals surface area contributed by atoms with E-state index in [9.17, 15) is 9.90 Å². The van der Waals surface area contributed by atoms with E-state index in [1.54, 1.807) is 12.0 Å². The van der Waals surface area contributed by atoms with E-state index in [2.05, 4.69) is 0 Å². The van der Waals surface area contributed by atoms with Gasteiger partial charge in [0.15, 0.2) is 0 Å². The van der Waals surface area contributed by atoms with Gasteiger partial charge in [0.2, 0.25) is 0 Å². The fourth-order valence-electron chi connectivity index (χ4n) is 4.13. The predicted molar refractivity (Wildman–Crippen MR) is 90.8 cm³/mol. The molecule has 0 aliphatic carbocycles. The van der Waals surface area contributed by atoms with Crippen molar-refractivity contribution in [3.05, 3.63) is 36.4 Å². The molecule has 0 radical (unpaired) electrons. The van der Waals surface area contributed by atoms with Gasteiger partial charge < -0.3 is 19.5 Å². The normalized spacial score (nSPS) is 25.7. The fraction of sp³-hybridized carbons (Fsp3) is 0.421. The number of fused-ring (bicyclic) bond motifs is 3. The molecule has 5 heteroatoms. The van der Waals surface area contributed by atoms with Crippen molar-refractivity contribution in [1.29, 1.82) is 0 Å². The summed E-state index contributed by atoms with van der Waals surface area (Å²) in [4.78, 5) is 13.0. The molecule has 5 nitrogen and oxygen atoms in total. The molecule has 2 fully saturated rings. The second kappa shape index (κ2) is 5.89. The monoisotopic (exact) mass is 327 g/mol. The Morgan fingerprint density at radius 1 is 1.04 bits per heavy atom. The van der Waals surface area contributed by atoms with Gasteiger partial charge >= 0.3 is 6.09 Å². The van der Waals surface area contributed by atoms with Crippen LogP contribution in [0.4, 0.5) is 4.79 Å². The molecule has 24 heavy (non-hydrogen) atoms. The molecule has 126 valence electrons. The number of carbonyl (C=O) groups is 1. The number of benzene rings is 2. The summed E-state index contributed by atoms with van der Waals surface area (Å²) >= 11 is 0. The Labute approximate surface area is 140 Å². The van der Waals surface area contributed by atoms with Gasteiger partial charge in [-0.1, -0.05) is 12.1 Å². The molecule has 0 spiro atoms. The van der Waals surface area contributed by atoms with Crippen LogP contribution in [0.5, 0.6) is 11.5 Å².